The smallest absolute Gasteiger partial charge is 0.0794 e. The number of likely N-dealkylation sites (tertiary alicyclic amines) is 1. The van der Waals surface area contributed by atoms with E-state index in [4.69, 9.17) is 0 Å². The van der Waals surface area contributed by atoms with Crippen molar-refractivity contribution in [2.24, 2.45) is 0 Å². The van der Waals surface area contributed by atoms with Gasteiger partial charge in [-0.05, 0) is 23.4 Å². The van der Waals surface area contributed by atoms with E-state index in [1.54, 1.807) is 11.3 Å². The van der Waals surface area contributed by atoms with Crippen molar-refractivity contribution in [3.05, 3.63) is 51.3 Å². The highest BCUT2D eigenvalue weighted by molar-refractivity contribution is 7.19. The van der Waals surface area contributed by atoms with Gasteiger partial charge in [0.2, 0.25) is 0 Å². The van der Waals surface area contributed by atoms with E-state index in [-0.39, 0.29) is 6.10 Å². The number of aliphatic hydroxyl groups excluding tert-OH is 1. The van der Waals surface area contributed by atoms with Crippen molar-refractivity contribution < 1.29 is 5.11 Å². The standard InChI is InChI=1S/C18H20N2OS2/c1-12(15-10-22-11-19-15)18-14-4-2-3-5-16(14)23-17(18)6-7-20-8-13(21)9-20/h2-5,10-13,21H,6-9H2,1H3/t12-/m0/s1. The van der Waals surface area contributed by atoms with Gasteiger partial charge in [-0.2, -0.15) is 0 Å². The van der Waals surface area contributed by atoms with Gasteiger partial charge in [-0.25, -0.2) is 4.98 Å². The number of rotatable bonds is 5. The number of aliphatic hydroxyl groups is 1. The van der Waals surface area contributed by atoms with Crippen LogP contribution >= 0.6 is 22.7 Å². The van der Waals surface area contributed by atoms with Crippen LogP contribution < -0.4 is 0 Å². The van der Waals surface area contributed by atoms with Crippen LogP contribution in [0.2, 0.25) is 0 Å². The van der Waals surface area contributed by atoms with Gasteiger partial charge in [0.15, 0.2) is 0 Å². The van der Waals surface area contributed by atoms with Gasteiger partial charge in [0.05, 0.1) is 17.3 Å². The molecule has 0 spiro atoms. The normalized spacial score (nSPS) is 17.5. The van der Waals surface area contributed by atoms with Crippen LogP contribution in [-0.4, -0.2) is 40.7 Å². The average Bonchev–Trinajstić information content (AvgIpc) is 3.17. The molecule has 1 aliphatic rings. The fourth-order valence-electron chi connectivity index (χ4n) is 3.34. The van der Waals surface area contributed by atoms with E-state index >= 15 is 0 Å². The molecule has 2 aromatic heterocycles. The number of thiophene rings is 1. The van der Waals surface area contributed by atoms with Crippen molar-refractivity contribution in [2.45, 2.75) is 25.4 Å². The maximum absolute atomic E-state index is 9.45. The molecule has 1 saturated heterocycles. The summed E-state index contributed by atoms with van der Waals surface area (Å²) in [7, 11) is 0. The molecule has 0 bridgehead atoms. The van der Waals surface area contributed by atoms with Crippen LogP contribution in [0.1, 0.15) is 29.0 Å². The number of hydrogen-bond donors (Lipinski definition) is 1. The fraction of sp³-hybridized carbons (Fsp3) is 0.389. The first-order valence-corrected chi connectivity index (χ1v) is 9.77. The first-order chi connectivity index (χ1) is 11.2. The molecule has 0 radical (unpaired) electrons. The minimum Gasteiger partial charge on any atom is -0.390 e. The topological polar surface area (TPSA) is 36.4 Å². The number of nitrogens with zero attached hydrogens (tertiary/aromatic N) is 2. The Kier molecular flexibility index (Phi) is 4.20. The Hall–Kier alpha value is -1.27. The molecule has 0 unspecified atom stereocenters. The van der Waals surface area contributed by atoms with Gasteiger partial charge in [-0.15, -0.1) is 22.7 Å². The van der Waals surface area contributed by atoms with E-state index < -0.39 is 0 Å². The van der Waals surface area contributed by atoms with E-state index in [0.717, 1.165) is 26.1 Å². The Morgan fingerprint density at radius 2 is 2.17 bits per heavy atom. The second kappa shape index (κ2) is 6.32. The highest BCUT2D eigenvalue weighted by atomic mass is 32.1. The van der Waals surface area contributed by atoms with Crippen LogP contribution in [0.4, 0.5) is 0 Å². The van der Waals surface area contributed by atoms with Gasteiger partial charge >= 0.3 is 0 Å². The third-order valence-electron chi connectivity index (χ3n) is 4.63. The lowest BCUT2D eigenvalue weighted by Gasteiger charge is -2.35. The van der Waals surface area contributed by atoms with E-state index in [1.807, 2.05) is 16.8 Å². The average molecular weight is 345 g/mol. The quantitative estimate of drug-likeness (QED) is 0.766. The van der Waals surface area contributed by atoms with Crippen molar-refractivity contribution in [3.8, 4) is 0 Å². The monoisotopic (exact) mass is 344 g/mol. The molecule has 5 heteroatoms. The van der Waals surface area contributed by atoms with Crippen molar-refractivity contribution >= 4 is 32.8 Å². The zero-order valence-electron chi connectivity index (χ0n) is 13.1. The largest absolute Gasteiger partial charge is 0.390 e. The predicted molar refractivity (Wildman–Crippen MR) is 97.6 cm³/mol. The van der Waals surface area contributed by atoms with Crippen LogP contribution in [0, 0.1) is 0 Å². The van der Waals surface area contributed by atoms with Crippen molar-refractivity contribution in [2.75, 3.05) is 19.6 Å². The highest BCUT2D eigenvalue weighted by Gasteiger charge is 2.25. The molecular formula is C18H20N2OS2. The summed E-state index contributed by atoms with van der Waals surface area (Å²) < 4.78 is 1.36. The molecule has 3 heterocycles. The number of hydrogen-bond acceptors (Lipinski definition) is 5. The molecule has 0 amide bonds. The van der Waals surface area contributed by atoms with Crippen LogP contribution in [0.15, 0.2) is 35.2 Å². The predicted octanol–water partition coefficient (Wildman–Crippen LogP) is 3.73. The van der Waals surface area contributed by atoms with Gasteiger partial charge in [0, 0.05) is 40.5 Å². The minimum atomic E-state index is -0.120. The fourth-order valence-corrected chi connectivity index (χ4v) is 5.28. The van der Waals surface area contributed by atoms with Crippen molar-refractivity contribution in [3.63, 3.8) is 0 Å². The summed E-state index contributed by atoms with van der Waals surface area (Å²) in [6.07, 6.45) is 0.932. The van der Waals surface area contributed by atoms with E-state index in [1.165, 1.54) is 26.2 Å². The minimum absolute atomic E-state index is 0.120. The van der Waals surface area contributed by atoms with Gasteiger partial charge in [0.25, 0.3) is 0 Å². The molecular weight excluding hydrogens is 324 g/mol. The highest BCUT2D eigenvalue weighted by Crippen LogP contribution is 2.39. The van der Waals surface area contributed by atoms with Gasteiger partial charge in [-0.3, -0.25) is 4.90 Å². The Bertz CT molecular complexity index is 791. The van der Waals surface area contributed by atoms with Crippen LogP contribution in [0.25, 0.3) is 10.1 Å². The third-order valence-corrected chi connectivity index (χ3v) is 6.48. The number of benzene rings is 1. The summed E-state index contributed by atoms with van der Waals surface area (Å²) in [4.78, 5) is 8.32. The van der Waals surface area contributed by atoms with Crippen LogP contribution in [-0.2, 0) is 6.42 Å². The van der Waals surface area contributed by atoms with E-state index in [9.17, 15) is 5.11 Å². The van der Waals surface area contributed by atoms with E-state index in [0.29, 0.717) is 5.92 Å². The molecule has 3 nitrogen and oxygen atoms in total. The van der Waals surface area contributed by atoms with Crippen molar-refractivity contribution in [1.29, 1.82) is 0 Å². The van der Waals surface area contributed by atoms with Gasteiger partial charge < -0.3 is 5.11 Å². The molecule has 1 N–H and O–H groups in total. The van der Waals surface area contributed by atoms with Crippen molar-refractivity contribution in [1.82, 2.24) is 9.88 Å². The molecule has 120 valence electrons. The first-order valence-electron chi connectivity index (χ1n) is 8.01. The van der Waals surface area contributed by atoms with E-state index in [2.05, 4.69) is 46.5 Å². The third kappa shape index (κ3) is 2.94. The Morgan fingerprint density at radius 1 is 1.35 bits per heavy atom. The Balaban J connectivity index is 1.66. The lowest BCUT2D eigenvalue weighted by atomic mass is 9.94. The summed E-state index contributed by atoms with van der Waals surface area (Å²) in [6, 6.07) is 8.70. The molecule has 1 aliphatic heterocycles. The SMILES string of the molecule is C[C@@H](c1cscn1)c1c(CCN2CC(O)C2)sc2ccccc12. The second-order valence-corrected chi connectivity index (χ2v) is 8.09. The summed E-state index contributed by atoms with van der Waals surface area (Å²) in [5.74, 6) is 0.328. The number of fused-ring (bicyclic) bond motifs is 1. The van der Waals surface area contributed by atoms with Crippen LogP contribution in [0.3, 0.4) is 0 Å². The molecule has 0 saturated carbocycles. The zero-order chi connectivity index (χ0) is 15.8. The number of thiazole rings is 1. The Labute approximate surface area is 144 Å². The van der Waals surface area contributed by atoms with Gasteiger partial charge in [-0.1, -0.05) is 25.1 Å². The number of β-amino-alcohol motifs (C(OH)–C–C–N with tert-alkyl or cyclic N) is 1. The maximum atomic E-state index is 9.45. The molecule has 3 aromatic rings. The lowest BCUT2D eigenvalue weighted by molar-refractivity contribution is 0.00319. The molecule has 0 aliphatic carbocycles. The van der Waals surface area contributed by atoms with Crippen LogP contribution in [0.5, 0.6) is 0 Å². The lowest BCUT2D eigenvalue weighted by Crippen LogP contribution is -2.51. The summed E-state index contributed by atoms with van der Waals surface area (Å²) in [5, 5.41) is 13.0. The molecule has 1 atom stereocenters. The Morgan fingerprint density at radius 3 is 2.91 bits per heavy atom. The molecule has 1 aromatic carbocycles. The second-order valence-electron chi connectivity index (χ2n) is 6.23. The summed E-state index contributed by atoms with van der Waals surface area (Å²) in [5.41, 5.74) is 4.53. The number of aromatic nitrogens is 1. The molecule has 1 fully saturated rings. The summed E-state index contributed by atoms with van der Waals surface area (Å²) in [6.45, 7) is 4.94. The zero-order valence-corrected chi connectivity index (χ0v) is 14.7. The first kappa shape index (κ1) is 15.3. The maximum Gasteiger partial charge on any atom is 0.0794 e. The molecule has 23 heavy (non-hydrogen) atoms. The summed E-state index contributed by atoms with van der Waals surface area (Å²) >= 11 is 3.58. The molecule has 4 rings (SSSR count). The van der Waals surface area contributed by atoms with Gasteiger partial charge in [0.1, 0.15) is 0 Å².